The van der Waals surface area contributed by atoms with E-state index in [2.05, 4.69) is 10.5 Å². The Kier molecular flexibility index (Phi) is 7.35. The highest BCUT2D eigenvalue weighted by Crippen LogP contribution is 2.27. The lowest BCUT2D eigenvalue weighted by Crippen LogP contribution is -2.24. The first-order valence-electron chi connectivity index (χ1n) is 10.6. The van der Waals surface area contributed by atoms with Crippen LogP contribution in [-0.4, -0.2) is 25.8 Å². The van der Waals surface area contributed by atoms with Crippen LogP contribution < -0.4 is 19.6 Å². The smallest absolute Gasteiger partial charge is 0.277 e. The van der Waals surface area contributed by atoms with Crippen molar-refractivity contribution in [2.24, 2.45) is 5.10 Å². The molecule has 172 valence electrons. The zero-order chi connectivity index (χ0) is 23.8. The summed E-state index contributed by atoms with van der Waals surface area (Å²) in [5.74, 6) is 1.14. The van der Waals surface area contributed by atoms with E-state index in [-0.39, 0.29) is 19.0 Å². The Morgan fingerprint density at radius 1 is 0.912 bits per heavy atom. The Balaban J connectivity index is 1.43. The van der Waals surface area contributed by atoms with E-state index in [9.17, 15) is 9.18 Å². The molecule has 1 N–H and O–H groups in total. The molecule has 0 saturated heterocycles. The third-order valence-corrected chi connectivity index (χ3v) is 5.05. The van der Waals surface area contributed by atoms with Crippen molar-refractivity contribution < 1.29 is 23.4 Å². The van der Waals surface area contributed by atoms with Gasteiger partial charge in [-0.3, -0.25) is 4.79 Å². The van der Waals surface area contributed by atoms with Crippen LogP contribution in [0, 0.1) is 5.82 Å². The zero-order valence-electron chi connectivity index (χ0n) is 18.5. The number of rotatable bonds is 9. The minimum Gasteiger partial charge on any atom is -0.497 e. The number of nitrogens with zero attached hydrogens (tertiary/aromatic N) is 1. The molecule has 0 aliphatic carbocycles. The van der Waals surface area contributed by atoms with Gasteiger partial charge in [0.2, 0.25) is 0 Å². The van der Waals surface area contributed by atoms with E-state index in [1.165, 1.54) is 12.1 Å². The molecule has 0 bridgehead atoms. The zero-order valence-corrected chi connectivity index (χ0v) is 18.5. The van der Waals surface area contributed by atoms with Crippen molar-refractivity contribution in [3.63, 3.8) is 0 Å². The molecule has 7 heteroatoms. The lowest BCUT2D eigenvalue weighted by Gasteiger charge is -2.12. The van der Waals surface area contributed by atoms with Gasteiger partial charge in [0.1, 0.15) is 29.7 Å². The maximum atomic E-state index is 13.2. The number of fused-ring (bicyclic) bond motifs is 1. The van der Waals surface area contributed by atoms with Gasteiger partial charge in [0.05, 0.1) is 13.3 Å². The third-order valence-electron chi connectivity index (χ3n) is 5.05. The van der Waals surface area contributed by atoms with Crippen LogP contribution >= 0.6 is 0 Å². The second-order valence-corrected chi connectivity index (χ2v) is 7.37. The number of hydrazone groups is 1. The Morgan fingerprint density at radius 3 is 2.41 bits per heavy atom. The second-order valence-electron chi connectivity index (χ2n) is 7.37. The lowest BCUT2D eigenvalue weighted by molar-refractivity contribution is -0.123. The molecule has 0 atom stereocenters. The molecule has 0 aromatic heterocycles. The topological polar surface area (TPSA) is 69.2 Å². The largest absolute Gasteiger partial charge is 0.497 e. The summed E-state index contributed by atoms with van der Waals surface area (Å²) >= 11 is 0. The molecule has 0 fully saturated rings. The first kappa shape index (κ1) is 22.8. The number of hydrogen-bond acceptors (Lipinski definition) is 5. The van der Waals surface area contributed by atoms with Crippen molar-refractivity contribution >= 4 is 22.9 Å². The Bertz CT molecular complexity index is 1290. The van der Waals surface area contributed by atoms with Crippen molar-refractivity contribution in [2.45, 2.75) is 6.61 Å². The van der Waals surface area contributed by atoms with Crippen LogP contribution in [0.2, 0.25) is 0 Å². The molecule has 0 spiro atoms. The van der Waals surface area contributed by atoms with Crippen LogP contribution in [0.1, 0.15) is 11.1 Å². The average Bonchev–Trinajstić information content (AvgIpc) is 2.88. The normalized spacial score (nSPS) is 10.9. The molecule has 0 unspecified atom stereocenters. The summed E-state index contributed by atoms with van der Waals surface area (Å²) in [5, 5.41) is 6.03. The van der Waals surface area contributed by atoms with E-state index in [1.807, 2.05) is 36.4 Å². The highest BCUT2D eigenvalue weighted by atomic mass is 19.1. The van der Waals surface area contributed by atoms with Gasteiger partial charge in [0.15, 0.2) is 6.61 Å². The minimum absolute atomic E-state index is 0.187. The highest BCUT2D eigenvalue weighted by molar-refractivity contribution is 6.02. The SMILES string of the molecule is COc1ccc(OCC(=O)N/N=C/c2c(OCc3ccc(F)cc3)ccc3ccccc23)cc1. The van der Waals surface area contributed by atoms with Gasteiger partial charge in [-0.15, -0.1) is 0 Å². The predicted octanol–water partition coefficient (Wildman–Crippen LogP) is 5.10. The molecule has 4 aromatic carbocycles. The first-order chi connectivity index (χ1) is 16.6. The van der Waals surface area contributed by atoms with E-state index in [1.54, 1.807) is 49.7 Å². The molecule has 4 aromatic rings. The number of halogens is 1. The maximum absolute atomic E-state index is 13.2. The Labute approximate surface area is 196 Å². The van der Waals surface area contributed by atoms with Crippen LogP contribution in [0.25, 0.3) is 10.8 Å². The van der Waals surface area contributed by atoms with Crippen molar-refractivity contribution in [2.75, 3.05) is 13.7 Å². The quantitative estimate of drug-likeness (QED) is 0.280. The molecule has 1 amide bonds. The van der Waals surface area contributed by atoms with Gasteiger partial charge in [-0.05, 0) is 58.8 Å². The van der Waals surface area contributed by atoms with Gasteiger partial charge in [0, 0.05) is 5.56 Å². The molecular formula is C27H23FN2O4. The van der Waals surface area contributed by atoms with Gasteiger partial charge >= 0.3 is 0 Å². The van der Waals surface area contributed by atoms with Crippen molar-refractivity contribution in [3.05, 3.63) is 102 Å². The summed E-state index contributed by atoms with van der Waals surface area (Å²) in [6, 6.07) is 24.7. The molecule has 0 aliphatic heterocycles. The van der Waals surface area contributed by atoms with Gasteiger partial charge in [-0.1, -0.05) is 42.5 Å². The van der Waals surface area contributed by atoms with Crippen molar-refractivity contribution in [1.29, 1.82) is 0 Å². The van der Waals surface area contributed by atoms with E-state index >= 15 is 0 Å². The molecule has 6 nitrogen and oxygen atoms in total. The molecule has 0 aliphatic rings. The number of nitrogens with one attached hydrogen (secondary N) is 1. The minimum atomic E-state index is -0.402. The van der Waals surface area contributed by atoms with E-state index in [4.69, 9.17) is 14.2 Å². The number of carbonyl (C=O) groups excluding carboxylic acids is 1. The van der Waals surface area contributed by atoms with E-state index < -0.39 is 5.91 Å². The van der Waals surface area contributed by atoms with Crippen molar-refractivity contribution in [1.82, 2.24) is 5.43 Å². The summed E-state index contributed by atoms with van der Waals surface area (Å²) in [6.45, 7) is 0.0780. The van der Waals surface area contributed by atoms with Gasteiger partial charge < -0.3 is 14.2 Å². The molecule has 34 heavy (non-hydrogen) atoms. The molecule has 4 rings (SSSR count). The Hall–Kier alpha value is -4.39. The number of carbonyl (C=O) groups is 1. The predicted molar refractivity (Wildman–Crippen MR) is 129 cm³/mol. The van der Waals surface area contributed by atoms with E-state index in [0.717, 1.165) is 21.9 Å². The van der Waals surface area contributed by atoms with Gasteiger partial charge in [-0.2, -0.15) is 5.10 Å². The lowest BCUT2D eigenvalue weighted by atomic mass is 10.0. The van der Waals surface area contributed by atoms with Gasteiger partial charge in [-0.25, -0.2) is 9.82 Å². The van der Waals surface area contributed by atoms with Crippen LogP contribution in [0.4, 0.5) is 4.39 Å². The van der Waals surface area contributed by atoms with Crippen LogP contribution in [0.3, 0.4) is 0 Å². The number of benzene rings is 4. The fourth-order valence-electron chi connectivity index (χ4n) is 3.30. The van der Waals surface area contributed by atoms with Crippen LogP contribution in [0.5, 0.6) is 17.2 Å². The first-order valence-corrected chi connectivity index (χ1v) is 10.6. The fourth-order valence-corrected chi connectivity index (χ4v) is 3.30. The fraction of sp³-hybridized carbons (Fsp3) is 0.111. The maximum Gasteiger partial charge on any atom is 0.277 e. The Morgan fingerprint density at radius 2 is 1.65 bits per heavy atom. The third kappa shape index (κ3) is 5.89. The molecule has 0 saturated carbocycles. The summed E-state index contributed by atoms with van der Waals surface area (Å²) in [6.07, 6.45) is 1.55. The summed E-state index contributed by atoms with van der Waals surface area (Å²) in [5.41, 5.74) is 4.03. The summed E-state index contributed by atoms with van der Waals surface area (Å²) in [7, 11) is 1.58. The molecule has 0 radical (unpaired) electrons. The summed E-state index contributed by atoms with van der Waals surface area (Å²) < 4.78 is 29.7. The van der Waals surface area contributed by atoms with Gasteiger partial charge in [0.25, 0.3) is 5.91 Å². The summed E-state index contributed by atoms with van der Waals surface area (Å²) in [4.78, 5) is 12.2. The van der Waals surface area contributed by atoms with Crippen LogP contribution in [0.15, 0.2) is 90.0 Å². The van der Waals surface area contributed by atoms with Crippen molar-refractivity contribution in [3.8, 4) is 17.2 Å². The molecular weight excluding hydrogens is 435 g/mol. The molecule has 0 heterocycles. The number of hydrogen-bond donors (Lipinski definition) is 1. The standard InChI is InChI=1S/C27H23FN2O4/c1-32-22-11-13-23(14-12-22)33-18-27(31)30-29-16-25-24-5-3-2-4-20(24)8-15-26(25)34-17-19-6-9-21(28)10-7-19/h2-16H,17-18H2,1H3,(H,30,31)/b29-16+. The number of methoxy groups -OCH3 is 1. The second kappa shape index (κ2) is 11.0. The number of amides is 1. The van der Waals surface area contributed by atoms with Crippen LogP contribution in [-0.2, 0) is 11.4 Å². The number of ether oxygens (including phenoxy) is 3. The average molecular weight is 458 g/mol. The van der Waals surface area contributed by atoms with E-state index in [0.29, 0.717) is 17.2 Å². The monoisotopic (exact) mass is 458 g/mol. The highest BCUT2D eigenvalue weighted by Gasteiger charge is 2.09.